The topological polar surface area (TPSA) is 69.1 Å². The summed E-state index contributed by atoms with van der Waals surface area (Å²) in [5, 5.41) is 17.3. The molecule has 152 valence electrons. The minimum absolute atomic E-state index is 0. The molecule has 2 aliphatic rings. The number of aliphatic hydroxyl groups excluding tert-OH is 1. The maximum absolute atomic E-state index is 10.4. The van der Waals surface area contributed by atoms with Gasteiger partial charge in [0.2, 0.25) is 0 Å². The van der Waals surface area contributed by atoms with Crippen molar-refractivity contribution in [1.29, 1.82) is 0 Å². The van der Waals surface area contributed by atoms with Crippen molar-refractivity contribution in [1.82, 2.24) is 15.5 Å². The van der Waals surface area contributed by atoms with E-state index in [9.17, 15) is 5.11 Å². The van der Waals surface area contributed by atoms with Crippen molar-refractivity contribution in [2.24, 2.45) is 4.99 Å². The van der Waals surface area contributed by atoms with Crippen molar-refractivity contribution in [2.45, 2.75) is 57.3 Å². The number of benzene rings is 1. The third-order valence-corrected chi connectivity index (χ3v) is 5.25. The molecule has 0 amide bonds. The first-order valence-electron chi connectivity index (χ1n) is 9.73. The van der Waals surface area contributed by atoms with Gasteiger partial charge in [-0.15, -0.1) is 24.0 Å². The average molecular weight is 488 g/mol. The summed E-state index contributed by atoms with van der Waals surface area (Å²) in [6.07, 6.45) is 3.21. The first kappa shape index (κ1) is 22.2. The molecular formula is C20H33IN4O2. The fourth-order valence-electron chi connectivity index (χ4n) is 3.70. The summed E-state index contributed by atoms with van der Waals surface area (Å²) in [5.74, 6) is 1.57. The second kappa shape index (κ2) is 10.5. The highest BCUT2D eigenvalue weighted by atomic mass is 127. The van der Waals surface area contributed by atoms with Crippen LogP contribution < -0.4 is 15.4 Å². The number of guanidine groups is 1. The van der Waals surface area contributed by atoms with E-state index < -0.39 is 6.10 Å². The molecule has 0 radical (unpaired) electrons. The van der Waals surface area contributed by atoms with Gasteiger partial charge in [-0.1, -0.05) is 12.1 Å². The molecule has 1 heterocycles. The summed E-state index contributed by atoms with van der Waals surface area (Å²) in [6, 6.07) is 9.33. The Kier molecular flexibility index (Phi) is 8.62. The molecule has 0 bridgehead atoms. The van der Waals surface area contributed by atoms with E-state index in [1.165, 1.54) is 12.8 Å². The molecule has 6 nitrogen and oxygen atoms in total. The fourth-order valence-corrected chi connectivity index (χ4v) is 3.70. The number of ether oxygens (including phenoxy) is 1. The molecule has 0 spiro atoms. The first-order chi connectivity index (χ1) is 12.6. The lowest BCUT2D eigenvalue weighted by Gasteiger charge is -2.20. The summed E-state index contributed by atoms with van der Waals surface area (Å²) in [7, 11) is 1.64. The number of aliphatic hydroxyl groups is 1. The van der Waals surface area contributed by atoms with Crippen molar-refractivity contribution < 1.29 is 9.84 Å². The SMILES string of the molecule is CCNC(=NCC(O)c1ccc(OC)cc1)NC1CC(C)N(C2CC2)C1.I. The molecule has 1 saturated heterocycles. The molecule has 0 aromatic heterocycles. The van der Waals surface area contributed by atoms with Crippen molar-refractivity contribution in [3.63, 3.8) is 0 Å². The molecule has 3 rings (SSSR count). The van der Waals surface area contributed by atoms with Gasteiger partial charge in [-0.05, 0) is 50.8 Å². The molecule has 3 unspecified atom stereocenters. The van der Waals surface area contributed by atoms with E-state index in [0.717, 1.165) is 42.8 Å². The minimum Gasteiger partial charge on any atom is -0.497 e. The number of hydrogen-bond donors (Lipinski definition) is 3. The number of methoxy groups -OCH3 is 1. The van der Waals surface area contributed by atoms with E-state index in [0.29, 0.717) is 18.6 Å². The van der Waals surface area contributed by atoms with Gasteiger partial charge in [0, 0.05) is 31.2 Å². The Morgan fingerprint density at radius 1 is 1.33 bits per heavy atom. The number of rotatable bonds is 7. The Morgan fingerprint density at radius 3 is 2.63 bits per heavy atom. The second-order valence-corrected chi connectivity index (χ2v) is 7.36. The Balaban J connectivity index is 0.00000261. The molecule has 3 N–H and O–H groups in total. The average Bonchev–Trinajstić information content (AvgIpc) is 3.43. The number of likely N-dealkylation sites (tertiary alicyclic amines) is 1. The van der Waals surface area contributed by atoms with Gasteiger partial charge in [-0.2, -0.15) is 0 Å². The fraction of sp³-hybridized carbons (Fsp3) is 0.650. The maximum atomic E-state index is 10.4. The lowest BCUT2D eigenvalue weighted by molar-refractivity contribution is 0.187. The summed E-state index contributed by atoms with van der Waals surface area (Å²) >= 11 is 0. The van der Waals surface area contributed by atoms with Crippen LogP contribution in [-0.4, -0.2) is 60.8 Å². The van der Waals surface area contributed by atoms with E-state index in [1.807, 2.05) is 24.3 Å². The summed E-state index contributed by atoms with van der Waals surface area (Å²) in [6.45, 7) is 6.59. The third-order valence-electron chi connectivity index (χ3n) is 5.25. The highest BCUT2D eigenvalue weighted by molar-refractivity contribution is 14.0. The number of nitrogens with one attached hydrogen (secondary N) is 2. The molecule has 27 heavy (non-hydrogen) atoms. The predicted octanol–water partition coefficient (Wildman–Crippen LogP) is 2.53. The first-order valence-corrected chi connectivity index (χ1v) is 9.73. The van der Waals surface area contributed by atoms with Crippen LogP contribution in [0.3, 0.4) is 0 Å². The zero-order chi connectivity index (χ0) is 18.5. The monoisotopic (exact) mass is 488 g/mol. The standard InChI is InChI=1S/C20H32N4O2.HI/c1-4-21-20(23-16-11-14(2)24(13-16)17-7-8-17)22-12-19(25)15-5-9-18(26-3)10-6-15;/h5-6,9-10,14,16-17,19,25H,4,7-8,11-13H2,1-3H3,(H2,21,22,23);1H. The van der Waals surface area contributed by atoms with Crippen LogP contribution in [0.15, 0.2) is 29.3 Å². The number of halogens is 1. The Labute approximate surface area is 179 Å². The molecule has 1 saturated carbocycles. The molecule has 1 aromatic carbocycles. The lowest BCUT2D eigenvalue weighted by atomic mass is 10.1. The number of hydrogen-bond acceptors (Lipinski definition) is 4. The molecule has 1 aromatic rings. The van der Waals surface area contributed by atoms with Gasteiger partial charge in [0.25, 0.3) is 0 Å². The Bertz CT molecular complexity index is 607. The largest absolute Gasteiger partial charge is 0.497 e. The normalized spacial score (nSPS) is 24.2. The number of aliphatic imine (C=N–C) groups is 1. The maximum Gasteiger partial charge on any atom is 0.191 e. The molecule has 1 aliphatic carbocycles. The van der Waals surface area contributed by atoms with Gasteiger partial charge in [-0.25, -0.2) is 0 Å². The van der Waals surface area contributed by atoms with Crippen molar-refractivity contribution in [3.8, 4) is 5.75 Å². The zero-order valence-electron chi connectivity index (χ0n) is 16.5. The van der Waals surface area contributed by atoms with Gasteiger partial charge in [0.15, 0.2) is 5.96 Å². The third kappa shape index (κ3) is 6.22. The van der Waals surface area contributed by atoms with Gasteiger partial charge in [-0.3, -0.25) is 9.89 Å². The van der Waals surface area contributed by atoms with E-state index in [-0.39, 0.29) is 24.0 Å². The molecule has 2 fully saturated rings. The van der Waals surface area contributed by atoms with E-state index in [1.54, 1.807) is 7.11 Å². The van der Waals surface area contributed by atoms with E-state index in [4.69, 9.17) is 4.74 Å². The zero-order valence-corrected chi connectivity index (χ0v) is 18.8. The second-order valence-electron chi connectivity index (χ2n) is 7.36. The van der Waals surface area contributed by atoms with Crippen LogP contribution in [0.5, 0.6) is 5.75 Å². The quantitative estimate of drug-likeness (QED) is 0.313. The Morgan fingerprint density at radius 2 is 2.04 bits per heavy atom. The van der Waals surface area contributed by atoms with E-state index in [2.05, 4.69) is 34.4 Å². The van der Waals surface area contributed by atoms with Gasteiger partial charge in [0.1, 0.15) is 5.75 Å². The summed E-state index contributed by atoms with van der Waals surface area (Å²) in [5.41, 5.74) is 0.847. The van der Waals surface area contributed by atoms with Crippen molar-refractivity contribution in [2.75, 3.05) is 26.7 Å². The van der Waals surface area contributed by atoms with Crippen LogP contribution in [-0.2, 0) is 0 Å². The summed E-state index contributed by atoms with van der Waals surface area (Å²) < 4.78 is 5.16. The van der Waals surface area contributed by atoms with Crippen LogP contribution in [0.4, 0.5) is 0 Å². The van der Waals surface area contributed by atoms with Crippen molar-refractivity contribution in [3.05, 3.63) is 29.8 Å². The number of nitrogens with zero attached hydrogens (tertiary/aromatic N) is 2. The van der Waals surface area contributed by atoms with Gasteiger partial charge in [0.05, 0.1) is 19.8 Å². The van der Waals surface area contributed by atoms with Crippen LogP contribution in [0.2, 0.25) is 0 Å². The highest BCUT2D eigenvalue weighted by Crippen LogP contribution is 2.33. The van der Waals surface area contributed by atoms with Crippen LogP contribution in [0, 0.1) is 0 Å². The summed E-state index contributed by atoms with van der Waals surface area (Å²) in [4.78, 5) is 7.22. The van der Waals surface area contributed by atoms with Gasteiger partial charge < -0.3 is 20.5 Å². The van der Waals surface area contributed by atoms with Crippen LogP contribution in [0.1, 0.15) is 44.8 Å². The van der Waals surface area contributed by atoms with E-state index >= 15 is 0 Å². The molecule has 1 aliphatic heterocycles. The molecule has 7 heteroatoms. The van der Waals surface area contributed by atoms with Crippen LogP contribution >= 0.6 is 24.0 Å². The lowest BCUT2D eigenvalue weighted by Crippen LogP contribution is -2.45. The van der Waals surface area contributed by atoms with Crippen molar-refractivity contribution >= 4 is 29.9 Å². The molecular weight excluding hydrogens is 455 g/mol. The highest BCUT2D eigenvalue weighted by Gasteiger charge is 2.38. The molecule has 3 atom stereocenters. The predicted molar refractivity (Wildman–Crippen MR) is 120 cm³/mol. The smallest absolute Gasteiger partial charge is 0.191 e. The minimum atomic E-state index is -0.623. The Hall–Kier alpha value is -1.06. The van der Waals surface area contributed by atoms with Gasteiger partial charge >= 0.3 is 0 Å². The van der Waals surface area contributed by atoms with Crippen LogP contribution in [0.25, 0.3) is 0 Å².